The van der Waals surface area contributed by atoms with Crippen molar-refractivity contribution in [2.75, 3.05) is 13.1 Å². The van der Waals surface area contributed by atoms with Crippen molar-refractivity contribution in [1.29, 1.82) is 0 Å². The summed E-state index contributed by atoms with van der Waals surface area (Å²) in [4.78, 5) is 12.2. The van der Waals surface area contributed by atoms with Gasteiger partial charge < -0.3 is 10.1 Å². The summed E-state index contributed by atoms with van der Waals surface area (Å²) < 4.78 is 31.9. The molecule has 0 radical (unpaired) electrons. The normalized spacial score (nSPS) is 25.4. The van der Waals surface area contributed by atoms with Crippen LogP contribution in [0.15, 0.2) is 0 Å². The van der Waals surface area contributed by atoms with Gasteiger partial charge in [0.05, 0.1) is 19.0 Å². The van der Waals surface area contributed by atoms with Gasteiger partial charge in [0.1, 0.15) is 5.60 Å². The fourth-order valence-corrected chi connectivity index (χ4v) is 3.32. The average molecular weight is 290 g/mol. The van der Waals surface area contributed by atoms with Crippen LogP contribution in [0, 0.1) is 11.8 Å². The summed E-state index contributed by atoms with van der Waals surface area (Å²) in [5, 5.41) is 2.28. The smallest absolute Gasteiger partial charge is 0.309 e. The SMILES string of the molecule is CC(C)(OC(=O)C1CCC(F)(F)CC1)C1CC[NH2+]CC1. The van der Waals surface area contributed by atoms with Crippen molar-refractivity contribution in [1.82, 2.24) is 0 Å². The standard InChI is InChI=1S/C15H25F2NO2/c1-14(2,12-5-9-18-10-6-12)20-13(19)11-3-7-15(16,17)8-4-11/h11-12,18H,3-10H2,1-2H3/p+1. The molecule has 2 aliphatic rings. The lowest BCUT2D eigenvalue weighted by Gasteiger charge is -2.37. The lowest BCUT2D eigenvalue weighted by Crippen LogP contribution is -2.86. The second-order valence-corrected chi connectivity index (χ2v) is 6.80. The number of ether oxygens (including phenoxy) is 1. The number of esters is 1. The van der Waals surface area contributed by atoms with E-state index in [0.717, 1.165) is 25.9 Å². The van der Waals surface area contributed by atoms with Gasteiger partial charge in [-0.05, 0) is 26.7 Å². The molecule has 1 aliphatic carbocycles. The van der Waals surface area contributed by atoms with E-state index >= 15 is 0 Å². The zero-order chi connectivity index (χ0) is 14.8. The fraction of sp³-hybridized carbons (Fsp3) is 0.933. The quantitative estimate of drug-likeness (QED) is 0.809. The van der Waals surface area contributed by atoms with E-state index in [-0.39, 0.29) is 37.6 Å². The molecule has 2 fully saturated rings. The minimum atomic E-state index is -2.59. The minimum absolute atomic E-state index is 0.189. The van der Waals surface area contributed by atoms with Crippen LogP contribution >= 0.6 is 0 Å². The largest absolute Gasteiger partial charge is 0.459 e. The van der Waals surface area contributed by atoms with E-state index in [2.05, 4.69) is 5.32 Å². The zero-order valence-corrected chi connectivity index (χ0v) is 12.5. The molecule has 0 aromatic carbocycles. The van der Waals surface area contributed by atoms with Gasteiger partial charge in [-0.25, -0.2) is 8.78 Å². The highest BCUT2D eigenvalue weighted by Gasteiger charge is 2.41. The number of piperidine rings is 1. The highest BCUT2D eigenvalue weighted by Crippen LogP contribution is 2.38. The van der Waals surface area contributed by atoms with Gasteiger partial charge in [0.15, 0.2) is 0 Å². The second kappa shape index (κ2) is 5.96. The first-order chi connectivity index (χ1) is 9.30. The molecule has 0 atom stereocenters. The van der Waals surface area contributed by atoms with Gasteiger partial charge in [0.2, 0.25) is 5.92 Å². The zero-order valence-electron chi connectivity index (χ0n) is 12.5. The first-order valence-corrected chi connectivity index (χ1v) is 7.72. The number of alkyl halides is 2. The van der Waals surface area contributed by atoms with Crippen LogP contribution in [0.5, 0.6) is 0 Å². The second-order valence-electron chi connectivity index (χ2n) is 6.80. The molecule has 0 aromatic rings. The van der Waals surface area contributed by atoms with Crippen molar-refractivity contribution in [3.63, 3.8) is 0 Å². The van der Waals surface area contributed by atoms with E-state index < -0.39 is 11.5 Å². The van der Waals surface area contributed by atoms with E-state index in [1.165, 1.54) is 0 Å². The highest BCUT2D eigenvalue weighted by molar-refractivity contribution is 5.73. The summed E-state index contributed by atoms with van der Waals surface area (Å²) in [7, 11) is 0. The number of hydrogen-bond donors (Lipinski definition) is 1. The van der Waals surface area contributed by atoms with E-state index in [1.54, 1.807) is 0 Å². The summed E-state index contributed by atoms with van der Waals surface area (Å²) in [6.07, 6.45) is 2.21. The monoisotopic (exact) mass is 290 g/mol. The van der Waals surface area contributed by atoms with Gasteiger partial charge in [-0.15, -0.1) is 0 Å². The Hall–Kier alpha value is -0.710. The van der Waals surface area contributed by atoms with Gasteiger partial charge in [-0.2, -0.15) is 0 Å². The Kier molecular flexibility index (Phi) is 4.67. The molecule has 0 aromatic heterocycles. The van der Waals surface area contributed by atoms with Gasteiger partial charge in [0, 0.05) is 31.6 Å². The van der Waals surface area contributed by atoms with Gasteiger partial charge in [-0.3, -0.25) is 4.79 Å². The Labute approximate surface area is 119 Å². The average Bonchev–Trinajstić information content (AvgIpc) is 2.39. The number of rotatable bonds is 3. The van der Waals surface area contributed by atoms with Crippen molar-refractivity contribution < 1.29 is 23.6 Å². The van der Waals surface area contributed by atoms with Crippen molar-refractivity contribution >= 4 is 5.97 Å². The molecule has 1 heterocycles. The van der Waals surface area contributed by atoms with Crippen molar-refractivity contribution in [3.8, 4) is 0 Å². The third-order valence-electron chi connectivity index (χ3n) is 4.84. The maximum absolute atomic E-state index is 13.1. The summed E-state index contributed by atoms with van der Waals surface area (Å²) >= 11 is 0. The highest BCUT2D eigenvalue weighted by atomic mass is 19.3. The van der Waals surface area contributed by atoms with E-state index in [0.29, 0.717) is 5.92 Å². The third kappa shape index (κ3) is 3.90. The van der Waals surface area contributed by atoms with Crippen LogP contribution in [-0.4, -0.2) is 30.6 Å². The van der Waals surface area contributed by atoms with E-state index in [9.17, 15) is 13.6 Å². The Morgan fingerprint density at radius 2 is 1.70 bits per heavy atom. The molecule has 0 amide bonds. The fourth-order valence-electron chi connectivity index (χ4n) is 3.32. The topological polar surface area (TPSA) is 42.9 Å². The summed E-state index contributed by atoms with van der Waals surface area (Å²) in [5.41, 5.74) is -0.481. The van der Waals surface area contributed by atoms with Crippen LogP contribution < -0.4 is 5.32 Å². The molecular weight excluding hydrogens is 264 g/mol. The predicted molar refractivity (Wildman–Crippen MR) is 71.5 cm³/mol. The maximum Gasteiger partial charge on any atom is 0.309 e. The van der Waals surface area contributed by atoms with Gasteiger partial charge in [0.25, 0.3) is 0 Å². The van der Waals surface area contributed by atoms with Crippen LogP contribution in [0.3, 0.4) is 0 Å². The number of hydrogen-bond acceptors (Lipinski definition) is 2. The number of quaternary nitrogens is 1. The summed E-state index contributed by atoms with van der Waals surface area (Å²) in [5.74, 6) is -2.84. The van der Waals surface area contributed by atoms with Crippen molar-refractivity contribution in [3.05, 3.63) is 0 Å². The molecular formula is C15H26F2NO2+. The molecule has 1 saturated carbocycles. The molecule has 5 heteroatoms. The molecule has 0 bridgehead atoms. The first-order valence-electron chi connectivity index (χ1n) is 7.72. The van der Waals surface area contributed by atoms with Crippen LogP contribution in [0.25, 0.3) is 0 Å². The third-order valence-corrected chi connectivity index (χ3v) is 4.84. The van der Waals surface area contributed by atoms with Crippen LogP contribution in [0.1, 0.15) is 52.4 Å². The molecule has 2 N–H and O–H groups in total. The van der Waals surface area contributed by atoms with Crippen LogP contribution in [0.4, 0.5) is 8.78 Å². The lowest BCUT2D eigenvalue weighted by molar-refractivity contribution is -0.665. The predicted octanol–water partition coefficient (Wildman–Crippen LogP) is 2.11. The van der Waals surface area contributed by atoms with E-state index in [4.69, 9.17) is 4.74 Å². The summed E-state index contributed by atoms with van der Waals surface area (Å²) in [6, 6.07) is 0. The molecule has 1 aliphatic heterocycles. The Balaban J connectivity index is 1.87. The Morgan fingerprint density at radius 3 is 2.25 bits per heavy atom. The molecule has 20 heavy (non-hydrogen) atoms. The van der Waals surface area contributed by atoms with Crippen molar-refractivity contribution in [2.24, 2.45) is 11.8 Å². The molecule has 3 nitrogen and oxygen atoms in total. The van der Waals surface area contributed by atoms with Crippen LogP contribution in [0.2, 0.25) is 0 Å². The number of halogens is 2. The Bertz CT molecular complexity index is 342. The van der Waals surface area contributed by atoms with Crippen LogP contribution in [-0.2, 0) is 9.53 Å². The summed E-state index contributed by atoms with van der Waals surface area (Å²) in [6.45, 7) is 6.05. The van der Waals surface area contributed by atoms with Gasteiger partial charge in [-0.1, -0.05) is 0 Å². The Morgan fingerprint density at radius 1 is 1.15 bits per heavy atom. The molecule has 1 saturated heterocycles. The number of carbonyl (C=O) groups excluding carboxylic acids is 1. The molecule has 0 unspecified atom stereocenters. The minimum Gasteiger partial charge on any atom is -0.459 e. The molecule has 0 spiro atoms. The maximum atomic E-state index is 13.1. The first kappa shape index (κ1) is 15.7. The number of carbonyl (C=O) groups is 1. The van der Waals surface area contributed by atoms with Gasteiger partial charge >= 0.3 is 5.97 Å². The number of nitrogens with two attached hydrogens (primary N) is 1. The molecule has 2 rings (SSSR count). The van der Waals surface area contributed by atoms with E-state index in [1.807, 2.05) is 13.8 Å². The van der Waals surface area contributed by atoms with Crippen molar-refractivity contribution in [2.45, 2.75) is 63.9 Å². The molecule has 116 valence electrons. The lowest BCUT2D eigenvalue weighted by atomic mass is 9.82.